The van der Waals surface area contributed by atoms with Crippen molar-refractivity contribution >= 4 is 44.6 Å². The Balaban J connectivity index is 2.24. The van der Waals surface area contributed by atoms with Crippen LogP contribution in [-0.2, 0) is 0 Å². The van der Waals surface area contributed by atoms with Crippen molar-refractivity contribution in [3.8, 4) is 5.75 Å². The molecule has 106 valence electrons. The largest absolute Gasteiger partial charge is 0.491 e. The summed E-state index contributed by atoms with van der Waals surface area (Å²) in [6.45, 7) is 3.95. The van der Waals surface area contributed by atoms with Gasteiger partial charge in [0.15, 0.2) is 0 Å². The molecule has 2 aromatic carbocycles. The van der Waals surface area contributed by atoms with Crippen molar-refractivity contribution in [2.45, 2.75) is 20.0 Å². The highest BCUT2D eigenvalue weighted by molar-refractivity contribution is 9.10. The summed E-state index contributed by atoms with van der Waals surface area (Å²) in [5.74, 6) is 0.741. The SMILES string of the molecule is CC(C)Oc1cc(N)cc(Nc2ccc(Br)c(Cl)c2)c1. The zero-order valence-corrected chi connectivity index (χ0v) is 13.6. The molecule has 0 bridgehead atoms. The Bertz CT molecular complexity index is 617. The van der Waals surface area contributed by atoms with Crippen LogP contribution in [-0.4, -0.2) is 6.10 Å². The third kappa shape index (κ3) is 4.05. The molecular formula is C15H16BrClN2O. The Morgan fingerprint density at radius 1 is 1.15 bits per heavy atom. The summed E-state index contributed by atoms with van der Waals surface area (Å²) in [4.78, 5) is 0. The first-order chi connectivity index (χ1) is 9.44. The number of rotatable bonds is 4. The molecule has 0 radical (unpaired) electrons. The number of nitrogen functional groups attached to an aromatic ring is 1. The molecule has 0 aromatic heterocycles. The fourth-order valence-electron chi connectivity index (χ4n) is 1.78. The minimum Gasteiger partial charge on any atom is -0.491 e. The summed E-state index contributed by atoms with van der Waals surface area (Å²) in [6, 6.07) is 11.2. The summed E-state index contributed by atoms with van der Waals surface area (Å²) in [6.07, 6.45) is 0.103. The molecule has 2 rings (SSSR count). The van der Waals surface area contributed by atoms with E-state index in [1.807, 2.05) is 44.2 Å². The van der Waals surface area contributed by atoms with E-state index in [0.29, 0.717) is 10.7 Å². The van der Waals surface area contributed by atoms with Crippen molar-refractivity contribution in [2.24, 2.45) is 0 Å². The lowest BCUT2D eigenvalue weighted by Gasteiger charge is -2.13. The molecule has 0 unspecified atom stereocenters. The van der Waals surface area contributed by atoms with Gasteiger partial charge in [-0.15, -0.1) is 0 Å². The second-order valence-corrected chi connectivity index (χ2v) is 5.97. The highest BCUT2D eigenvalue weighted by Crippen LogP contribution is 2.29. The molecular weight excluding hydrogens is 340 g/mol. The molecule has 0 atom stereocenters. The van der Waals surface area contributed by atoms with Crippen molar-refractivity contribution in [2.75, 3.05) is 11.1 Å². The van der Waals surface area contributed by atoms with Gasteiger partial charge in [0, 0.05) is 33.7 Å². The van der Waals surface area contributed by atoms with Gasteiger partial charge in [0.1, 0.15) is 5.75 Å². The summed E-state index contributed by atoms with van der Waals surface area (Å²) in [5, 5.41) is 3.91. The maximum absolute atomic E-state index is 6.08. The van der Waals surface area contributed by atoms with Crippen molar-refractivity contribution in [3.63, 3.8) is 0 Å². The maximum Gasteiger partial charge on any atom is 0.123 e. The summed E-state index contributed by atoms with van der Waals surface area (Å²) in [5.41, 5.74) is 8.28. The predicted octanol–water partition coefficient (Wildman–Crippen LogP) is 5.22. The number of nitrogens with one attached hydrogen (secondary N) is 1. The fraction of sp³-hybridized carbons (Fsp3) is 0.200. The Morgan fingerprint density at radius 2 is 1.90 bits per heavy atom. The molecule has 2 aromatic rings. The van der Waals surface area contributed by atoms with Crippen LogP contribution < -0.4 is 15.8 Å². The van der Waals surface area contributed by atoms with Crippen LogP contribution in [0.25, 0.3) is 0 Å². The summed E-state index contributed by atoms with van der Waals surface area (Å²) < 4.78 is 6.52. The van der Waals surface area contributed by atoms with E-state index < -0.39 is 0 Å². The van der Waals surface area contributed by atoms with E-state index in [1.165, 1.54) is 0 Å². The van der Waals surface area contributed by atoms with Gasteiger partial charge in [-0.05, 0) is 54.0 Å². The number of benzene rings is 2. The Labute approximate surface area is 132 Å². The molecule has 20 heavy (non-hydrogen) atoms. The minimum absolute atomic E-state index is 0.103. The standard InChI is InChI=1S/C15H16BrClN2O/c1-9(2)20-13-6-10(18)5-12(7-13)19-11-3-4-14(16)15(17)8-11/h3-9,19H,18H2,1-2H3. The van der Waals surface area contributed by atoms with E-state index in [0.717, 1.165) is 21.6 Å². The molecule has 0 saturated heterocycles. The van der Waals surface area contributed by atoms with Gasteiger partial charge in [0.25, 0.3) is 0 Å². The van der Waals surface area contributed by atoms with Crippen LogP contribution in [0.1, 0.15) is 13.8 Å². The first kappa shape index (κ1) is 15.0. The molecule has 3 nitrogen and oxygen atoms in total. The monoisotopic (exact) mass is 354 g/mol. The van der Waals surface area contributed by atoms with Crippen molar-refractivity contribution in [3.05, 3.63) is 45.9 Å². The van der Waals surface area contributed by atoms with E-state index >= 15 is 0 Å². The molecule has 0 aliphatic rings. The predicted molar refractivity (Wildman–Crippen MR) is 89.1 cm³/mol. The molecule has 0 fully saturated rings. The van der Waals surface area contributed by atoms with Crippen LogP contribution in [0.3, 0.4) is 0 Å². The molecule has 0 heterocycles. The lowest BCUT2D eigenvalue weighted by Crippen LogP contribution is -2.06. The number of hydrogen-bond acceptors (Lipinski definition) is 3. The number of anilines is 3. The fourth-order valence-corrected chi connectivity index (χ4v) is 2.20. The van der Waals surface area contributed by atoms with Crippen molar-refractivity contribution in [1.29, 1.82) is 0 Å². The average Bonchev–Trinajstić information content (AvgIpc) is 2.32. The topological polar surface area (TPSA) is 47.3 Å². The Kier molecular flexibility index (Phi) is 4.78. The van der Waals surface area contributed by atoms with Gasteiger partial charge in [0.2, 0.25) is 0 Å². The molecule has 0 saturated carbocycles. The zero-order valence-electron chi connectivity index (χ0n) is 11.3. The lowest BCUT2D eigenvalue weighted by atomic mass is 10.2. The van der Waals surface area contributed by atoms with E-state index in [1.54, 1.807) is 6.07 Å². The van der Waals surface area contributed by atoms with Crippen LogP contribution in [0, 0.1) is 0 Å². The molecule has 3 N–H and O–H groups in total. The van der Waals surface area contributed by atoms with Crippen LogP contribution in [0.4, 0.5) is 17.1 Å². The molecule has 0 aliphatic heterocycles. The normalized spacial score (nSPS) is 10.7. The highest BCUT2D eigenvalue weighted by atomic mass is 79.9. The van der Waals surface area contributed by atoms with Crippen LogP contribution in [0.15, 0.2) is 40.9 Å². The zero-order chi connectivity index (χ0) is 14.7. The van der Waals surface area contributed by atoms with Gasteiger partial charge in [-0.25, -0.2) is 0 Å². The van der Waals surface area contributed by atoms with E-state index in [2.05, 4.69) is 21.2 Å². The summed E-state index contributed by atoms with van der Waals surface area (Å²) in [7, 11) is 0. The molecule has 0 spiro atoms. The average molecular weight is 356 g/mol. The van der Waals surface area contributed by atoms with E-state index in [9.17, 15) is 0 Å². The smallest absolute Gasteiger partial charge is 0.123 e. The van der Waals surface area contributed by atoms with Gasteiger partial charge in [-0.1, -0.05) is 11.6 Å². The highest BCUT2D eigenvalue weighted by Gasteiger charge is 2.04. The quantitative estimate of drug-likeness (QED) is 0.740. The van der Waals surface area contributed by atoms with Crippen LogP contribution >= 0.6 is 27.5 Å². The van der Waals surface area contributed by atoms with Gasteiger partial charge in [-0.3, -0.25) is 0 Å². The molecule has 0 aliphatic carbocycles. The first-order valence-electron chi connectivity index (χ1n) is 6.23. The summed E-state index contributed by atoms with van der Waals surface area (Å²) >= 11 is 9.44. The van der Waals surface area contributed by atoms with Crippen LogP contribution in [0.5, 0.6) is 5.75 Å². The number of ether oxygens (including phenoxy) is 1. The lowest BCUT2D eigenvalue weighted by molar-refractivity contribution is 0.242. The second kappa shape index (κ2) is 6.37. The van der Waals surface area contributed by atoms with Gasteiger partial charge < -0.3 is 15.8 Å². The van der Waals surface area contributed by atoms with Crippen LogP contribution in [0.2, 0.25) is 5.02 Å². The maximum atomic E-state index is 6.08. The molecule has 0 amide bonds. The number of halogens is 2. The second-order valence-electron chi connectivity index (χ2n) is 4.71. The van der Waals surface area contributed by atoms with E-state index in [-0.39, 0.29) is 6.10 Å². The minimum atomic E-state index is 0.103. The number of hydrogen-bond donors (Lipinski definition) is 2. The van der Waals surface area contributed by atoms with Gasteiger partial charge in [-0.2, -0.15) is 0 Å². The van der Waals surface area contributed by atoms with E-state index in [4.69, 9.17) is 22.1 Å². The van der Waals surface area contributed by atoms with Crippen molar-refractivity contribution in [1.82, 2.24) is 0 Å². The van der Waals surface area contributed by atoms with Gasteiger partial charge in [0.05, 0.1) is 11.1 Å². The first-order valence-corrected chi connectivity index (χ1v) is 7.40. The molecule has 5 heteroatoms. The Morgan fingerprint density at radius 3 is 2.55 bits per heavy atom. The Hall–Kier alpha value is -1.39. The van der Waals surface area contributed by atoms with Crippen molar-refractivity contribution < 1.29 is 4.74 Å². The third-order valence-electron chi connectivity index (χ3n) is 2.51. The third-order valence-corrected chi connectivity index (χ3v) is 3.74. The number of nitrogens with two attached hydrogens (primary N) is 1. The van der Waals surface area contributed by atoms with Gasteiger partial charge >= 0.3 is 0 Å².